The van der Waals surface area contributed by atoms with Crippen LogP contribution in [0.3, 0.4) is 0 Å². The van der Waals surface area contributed by atoms with Crippen molar-refractivity contribution >= 4 is 11.6 Å². The lowest BCUT2D eigenvalue weighted by atomic mass is 10.0. The van der Waals surface area contributed by atoms with E-state index >= 15 is 0 Å². The van der Waals surface area contributed by atoms with Gasteiger partial charge in [-0.25, -0.2) is 10.9 Å². The average Bonchev–Trinajstić information content (AvgIpc) is 3.24. The molecule has 2 aromatic rings. The molecule has 0 aromatic heterocycles. The molecule has 3 rings (SSSR count). The number of ether oxygens (including phenoxy) is 3. The van der Waals surface area contributed by atoms with E-state index in [1.807, 2.05) is 24.3 Å². The van der Waals surface area contributed by atoms with Crippen LogP contribution < -0.4 is 30.4 Å². The van der Waals surface area contributed by atoms with Crippen molar-refractivity contribution in [1.29, 1.82) is 0 Å². The second kappa shape index (κ2) is 10.1. The molecule has 29 heavy (non-hydrogen) atoms. The van der Waals surface area contributed by atoms with E-state index in [1.54, 1.807) is 32.4 Å². The molecule has 1 heterocycles. The van der Waals surface area contributed by atoms with Gasteiger partial charge >= 0.3 is 0 Å². The van der Waals surface area contributed by atoms with Gasteiger partial charge in [0.2, 0.25) is 5.91 Å². The maximum atomic E-state index is 12.8. The Bertz CT molecular complexity index is 827. The van der Waals surface area contributed by atoms with Crippen molar-refractivity contribution in [2.45, 2.75) is 38.3 Å². The van der Waals surface area contributed by atoms with Crippen molar-refractivity contribution in [1.82, 2.24) is 10.9 Å². The molecule has 1 saturated heterocycles. The van der Waals surface area contributed by atoms with E-state index in [4.69, 9.17) is 14.2 Å². The van der Waals surface area contributed by atoms with Crippen molar-refractivity contribution in [3.8, 4) is 17.2 Å². The maximum absolute atomic E-state index is 12.8. The second-order valence-corrected chi connectivity index (χ2v) is 6.92. The normalized spacial score (nSPS) is 18.3. The van der Waals surface area contributed by atoms with E-state index in [9.17, 15) is 4.79 Å². The first-order valence-corrected chi connectivity index (χ1v) is 9.92. The fourth-order valence-electron chi connectivity index (χ4n) is 3.29. The van der Waals surface area contributed by atoms with Crippen LogP contribution in [0.1, 0.15) is 37.8 Å². The molecular weight excluding hydrogens is 370 g/mol. The molecule has 7 heteroatoms. The summed E-state index contributed by atoms with van der Waals surface area (Å²) in [6.07, 6.45) is 2.70. The molecule has 2 aromatic carbocycles. The third-order valence-electron chi connectivity index (χ3n) is 4.93. The highest BCUT2D eigenvalue weighted by molar-refractivity contribution is 5.96. The summed E-state index contributed by atoms with van der Waals surface area (Å²) in [4.78, 5) is 12.8. The number of methoxy groups -OCH3 is 2. The largest absolute Gasteiger partial charge is 0.497 e. The molecule has 3 N–H and O–H groups in total. The lowest BCUT2D eigenvalue weighted by molar-refractivity contribution is -0.117. The fraction of sp³-hybridized carbons (Fsp3) is 0.409. The molecule has 1 aliphatic rings. The Kier molecular flexibility index (Phi) is 7.32. The number of anilines is 1. The molecule has 1 amide bonds. The van der Waals surface area contributed by atoms with Crippen molar-refractivity contribution in [2.75, 3.05) is 26.1 Å². The highest BCUT2D eigenvalue weighted by Gasteiger charge is 2.32. The van der Waals surface area contributed by atoms with Crippen molar-refractivity contribution in [3.05, 3.63) is 48.0 Å². The van der Waals surface area contributed by atoms with Gasteiger partial charge in [-0.2, -0.15) is 0 Å². The second-order valence-electron chi connectivity index (χ2n) is 6.92. The molecule has 1 fully saturated rings. The van der Waals surface area contributed by atoms with E-state index in [1.165, 1.54) is 0 Å². The van der Waals surface area contributed by atoms with Gasteiger partial charge in [0.15, 0.2) is 0 Å². The van der Waals surface area contributed by atoms with Crippen LogP contribution in [0.4, 0.5) is 5.69 Å². The number of carbonyl (C=O) groups excluding carboxylic acids is 1. The van der Waals surface area contributed by atoms with Gasteiger partial charge in [0, 0.05) is 11.6 Å². The van der Waals surface area contributed by atoms with Crippen molar-refractivity contribution in [2.24, 2.45) is 0 Å². The number of para-hydroxylation sites is 1. The molecule has 0 bridgehead atoms. The lowest BCUT2D eigenvalue weighted by Gasteiger charge is -2.16. The summed E-state index contributed by atoms with van der Waals surface area (Å²) in [5, 5.41) is 2.93. The average molecular weight is 399 g/mol. The SMILES string of the molecule is CCCCOc1ccccc1C1CC(C(=O)Nc2cc(OC)ccc2OC)NN1. The van der Waals surface area contributed by atoms with Gasteiger partial charge < -0.3 is 19.5 Å². The van der Waals surface area contributed by atoms with Crippen LogP contribution >= 0.6 is 0 Å². The number of hydrogen-bond donors (Lipinski definition) is 3. The zero-order valence-electron chi connectivity index (χ0n) is 17.2. The molecule has 156 valence electrons. The summed E-state index contributed by atoms with van der Waals surface area (Å²) in [6.45, 7) is 2.82. The van der Waals surface area contributed by atoms with E-state index in [0.29, 0.717) is 30.2 Å². The summed E-state index contributed by atoms with van der Waals surface area (Å²) >= 11 is 0. The minimum Gasteiger partial charge on any atom is -0.497 e. The molecule has 0 saturated carbocycles. The molecule has 0 aliphatic carbocycles. The third kappa shape index (κ3) is 5.19. The van der Waals surface area contributed by atoms with Crippen LogP contribution in [0.2, 0.25) is 0 Å². The molecule has 0 spiro atoms. The molecule has 7 nitrogen and oxygen atoms in total. The number of rotatable bonds is 9. The number of benzene rings is 2. The first-order chi connectivity index (χ1) is 14.2. The molecular formula is C22H29N3O4. The van der Waals surface area contributed by atoms with E-state index in [-0.39, 0.29) is 18.0 Å². The van der Waals surface area contributed by atoms with E-state index < -0.39 is 0 Å². The number of carbonyl (C=O) groups is 1. The Hall–Kier alpha value is -2.77. The maximum Gasteiger partial charge on any atom is 0.243 e. The zero-order valence-corrected chi connectivity index (χ0v) is 17.2. The highest BCUT2D eigenvalue weighted by atomic mass is 16.5. The number of hydrogen-bond acceptors (Lipinski definition) is 6. The smallest absolute Gasteiger partial charge is 0.243 e. The van der Waals surface area contributed by atoms with Gasteiger partial charge in [-0.1, -0.05) is 31.5 Å². The summed E-state index contributed by atoms with van der Waals surface area (Å²) in [7, 11) is 3.15. The zero-order chi connectivity index (χ0) is 20.6. The number of unbranched alkanes of at least 4 members (excludes halogenated alkanes) is 1. The number of nitrogens with one attached hydrogen (secondary N) is 3. The third-order valence-corrected chi connectivity index (χ3v) is 4.93. The van der Waals surface area contributed by atoms with Gasteiger partial charge in [0.05, 0.1) is 32.6 Å². The summed E-state index contributed by atoms with van der Waals surface area (Å²) in [5.74, 6) is 1.94. The van der Waals surface area contributed by atoms with Gasteiger partial charge in [-0.3, -0.25) is 4.79 Å². The Morgan fingerprint density at radius 2 is 1.93 bits per heavy atom. The molecule has 2 atom stereocenters. The fourth-order valence-corrected chi connectivity index (χ4v) is 3.29. The van der Waals surface area contributed by atoms with Gasteiger partial charge in [-0.15, -0.1) is 0 Å². The number of amides is 1. The number of hydrazine groups is 1. The summed E-state index contributed by atoms with van der Waals surface area (Å²) in [5.41, 5.74) is 7.94. The quantitative estimate of drug-likeness (QED) is 0.561. The Labute approximate surface area is 171 Å². The predicted octanol–water partition coefficient (Wildman–Crippen LogP) is 3.43. The van der Waals surface area contributed by atoms with Crippen molar-refractivity contribution in [3.63, 3.8) is 0 Å². The molecule has 2 unspecified atom stereocenters. The first-order valence-electron chi connectivity index (χ1n) is 9.92. The monoisotopic (exact) mass is 399 g/mol. The van der Waals surface area contributed by atoms with Crippen LogP contribution in [0.25, 0.3) is 0 Å². The van der Waals surface area contributed by atoms with Gasteiger partial charge in [0.1, 0.15) is 23.3 Å². The predicted molar refractivity (Wildman–Crippen MR) is 112 cm³/mol. The minimum atomic E-state index is -0.389. The Balaban J connectivity index is 1.66. The highest BCUT2D eigenvalue weighted by Crippen LogP contribution is 2.32. The molecule has 0 radical (unpaired) electrons. The van der Waals surface area contributed by atoms with E-state index in [0.717, 1.165) is 24.2 Å². The van der Waals surface area contributed by atoms with Crippen LogP contribution in [0, 0.1) is 0 Å². The van der Waals surface area contributed by atoms with E-state index in [2.05, 4.69) is 23.1 Å². The van der Waals surface area contributed by atoms with Crippen LogP contribution in [-0.2, 0) is 4.79 Å². The van der Waals surface area contributed by atoms with Crippen LogP contribution in [0.5, 0.6) is 17.2 Å². The summed E-state index contributed by atoms with van der Waals surface area (Å²) in [6, 6.07) is 12.8. The lowest BCUT2D eigenvalue weighted by Crippen LogP contribution is -2.39. The topological polar surface area (TPSA) is 80.9 Å². The van der Waals surface area contributed by atoms with Crippen molar-refractivity contribution < 1.29 is 19.0 Å². The van der Waals surface area contributed by atoms with Gasteiger partial charge in [0.25, 0.3) is 0 Å². The minimum absolute atomic E-state index is 0.0178. The van der Waals surface area contributed by atoms with Gasteiger partial charge in [-0.05, 0) is 31.0 Å². The standard InChI is InChI=1S/C22H29N3O4/c1-4-5-12-29-20-9-7-6-8-16(20)17-14-19(25-24-17)22(26)23-18-13-15(27-2)10-11-21(18)28-3/h6-11,13,17,19,24-25H,4-5,12,14H2,1-3H3,(H,23,26). The first kappa shape index (κ1) is 21.0. The van der Waals surface area contributed by atoms with Crippen LogP contribution in [-0.4, -0.2) is 32.8 Å². The molecule has 1 aliphatic heterocycles. The van der Waals surface area contributed by atoms with Crippen LogP contribution in [0.15, 0.2) is 42.5 Å². The summed E-state index contributed by atoms with van der Waals surface area (Å²) < 4.78 is 16.5. The Morgan fingerprint density at radius 3 is 2.69 bits per heavy atom. The Morgan fingerprint density at radius 1 is 1.10 bits per heavy atom.